The van der Waals surface area contributed by atoms with Gasteiger partial charge in [0.1, 0.15) is 23.4 Å². The number of hydrogen-bond acceptors (Lipinski definition) is 6. The fourth-order valence-electron chi connectivity index (χ4n) is 4.05. The van der Waals surface area contributed by atoms with Gasteiger partial charge in [0.25, 0.3) is 0 Å². The first kappa shape index (κ1) is 33.6. The van der Waals surface area contributed by atoms with Crippen LogP contribution in [0.15, 0.2) is 24.3 Å². The van der Waals surface area contributed by atoms with Crippen LogP contribution in [0.3, 0.4) is 0 Å². The van der Waals surface area contributed by atoms with Crippen LogP contribution in [0.5, 0.6) is 5.75 Å². The molecule has 0 fully saturated rings. The van der Waals surface area contributed by atoms with E-state index < -0.39 is 23.8 Å². The average molecular weight is 552 g/mol. The van der Waals surface area contributed by atoms with Gasteiger partial charge in [0.05, 0.1) is 0 Å². The van der Waals surface area contributed by atoms with Gasteiger partial charge in [-0.2, -0.15) is 11.8 Å². The molecule has 1 aromatic rings. The highest BCUT2D eigenvalue weighted by Gasteiger charge is 2.38. The smallest absolute Gasteiger partial charge is 0.408 e. The molecular weight excluding hydrogens is 502 g/mol. The summed E-state index contributed by atoms with van der Waals surface area (Å²) in [4.78, 5) is 42.2. The highest BCUT2D eigenvalue weighted by Crippen LogP contribution is 2.29. The van der Waals surface area contributed by atoms with Crippen molar-refractivity contribution in [3.05, 3.63) is 29.8 Å². The Balaban J connectivity index is 3.55. The normalized spacial score (nSPS) is 13.9. The third kappa shape index (κ3) is 12.0. The van der Waals surface area contributed by atoms with E-state index in [1.165, 1.54) is 12.1 Å². The Bertz CT molecular complexity index is 887. The lowest BCUT2D eigenvalue weighted by molar-refractivity contribution is -0.145. The van der Waals surface area contributed by atoms with Crippen LogP contribution in [0.1, 0.15) is 92.2 Å². The number of phenols is 1. The number of aromatic hydroxyl groups is 1. The van der Waals surface area contributed by atoms with Gasteiger partial charge in [-0.3, -0.25) is 9.59 Å². The van der Waals surface area contributed by atoms with Crippen molar-refractivity contribution in [1.82, 2.24) is 15.5 Å². The lowest BCUT2D eigenvalue weighted by Gasteiger charge is -2.39. The molecule has 38 heavy (non-hydrogen) atoms. The van der Waals surface area contributed by atoms with Crippen molar-refractivity contribution in [1.29, 1.82) is 0 Å². The molecule has 1 aromatic carbocycles. The Labute approximate surface area is 233 Å². The van der Waals surface area contributed by atoms with Gasteiger partial charge in [0, 0.05) is 12.6 Å². The lowest BCUT2D eigenvalue weighted by Crippen LogP contribution is -2.55. The largest absolute Gasteiger partial charge is 0.508 e. The van der Waals surface area contributed by atoms with E-state index in [0.29, 0.717) is 36.6 Å². The molecule has 0 aromatic heterocycles. The van der Waals surface area contributed by atoms with E-state index in [1.54, 1.807) is 49.6 Å². The van der Waals surface area contributed by atoms with Crippen LogP contribution in [0, 0.1) is 5.92 Å². The summed E-state index contributed by atoms with van der Waals surface area (Å²) in [6, 6.07) is 4.34. The van der Waals surface area contributed by atoms with Crippen molar-refractivity contribution in [2.45, 2.75) is 104 Å². The maximum Gasteiger partial charge on any atom is 0.408 e. The molecule has 0 bridgehead atoms. The monoisotopic (exact) mass is 551 g/mol. The molecule has 0 aliphatic heterocycles. The van der Waals surface area contributed by atoms with Gasteiger partial charge in [-0.15, -0.1) is 0 Å². The molecule has 0 saturated heterocycles. The van der Waals surface area contributed by atoms with E-state index in [-0.39, 0.29) is 23.6 Å². The minimum absolute atomic E-state index is 0.0157. The van der Waals surface area contributed by atoms with Crippen LogP contribution in [0.4, 0.5) is 4.79 Å². The van der Waals surface area contributed by atoms with Crippen LogP contribution in [0.25, 0.3) is 0 Å². The van der Waals surface area contributed by atoms with Gasteiger partial charge in [-0.1, -0.05) is 39.3 Å². The Morgan fingerprint density at radius 3 is 2.34 bits per heavy atom. The van der Waals surface area contributed by atoms with E-state index >= 15 is 0 Å². The van der Waals surface area contributed by atoms with Crippen molar-refractivity contribution < 1.29 is 24.2 Å². The highest BCUT2D eigenvalue weighted by molar-refractivity contribution is 7.98. The maximum absolute atomic E-state index is 14.3. The second-order valence-electron chi connectivity index (χ2n) is 11.2. The third-order valence-electron chi connectivity index (χ3n) is 6.03. The number of hydrogen-bond donors (Lipinski definition) is 3. The van der Waals surface area contributed by atoms with Gasteiger partial charge in [-0.05, 0) is 89.0 Å². The van der Waals surface area contributed by atoms with Crippen molar-refractivity contribution in [3.8, 4) is 5.75 Å². The van der Waals surface area contributed by atoms with Crippen LogP contribution in [-0.2, 0) is 14.3 Å². The molecule has 0 heterocycles. The summed E-state index contributed by atoms with van der Waals surface area (Å²) < 4.78 is 5.45. The fourth-order valence-corrected chi connectivity index (χ4v) is 4.53. The van der Waals surface area contributed by atoms with Gasteiger partial charge >= 0.3 is 6.09 Å². The predicted octanol–water partition coefficient (Wildman–Crippen LogP) is 5.65. The van der Waals surface area contributed by atoms with E-state index in [2.05, 4.69) is 24.5 Å². The van der Waals surface area contributed by atoms with Crippen LogP contribution < -0.4 is 10.6 Å². The number of alkyl carbamates (subject to hydrolysis) is 1. The molecule has 9 heteroatoms. The summed E-state index contributed by atoms with van der Waals surface area (Å²) in [6.07, 6.45) is 4.93. The molecule has 3 unspecified atom stereocenters. The molecule has 1 rings (SSSR count). The number of carbonyl (C=O) groups excluding carboxylic acids is 3. The molecule has 0 saturated carbocycles. The summed E-state index contributed by atoms with van der Waals surface area (Å²) in [5.41, 5.74) is -0.199. The standard InChI is InChI=1S/C29H49N3O5S/c1-9-10-17-30-26(34)25(22-12-11-13-23(33)19-22)32(21(4)15-14-20(2)3)27(35)24(16-18-38-8)31-28(36)37-29(5,6)7/h11-13,19-21,24-25,33H,9-10,14-18H2,1-8H3,(H,30,34)(H,31,36). The number of benzene rings is 1. The molecule has 216 valence electrons. The molecule has 0 radical (unpaired) electrons. The quantitative estimate of drug-likeness (QED) is 0.243. The summed E-state index contributed by atoms with van der Waals surface area (Å²) in [6.45, 7) is 14.0. The summed E-state index contributed by atoms with van der Waals surface area (Å²) in [5, 5.41) is 16.0. The highest BCUT2D eigenvalue weighted by atomic mass is 32.2. The summed E-state index contributed by atoms with van der Waals surface area (Å²) in [5.74, 6) is 0.413. The zero-order valence-corrected chi connectivity index (χ0v) is 25.3. The molecule has 3 N–H and O–H groups in total. The Morgan fingerprint density at radius 2 is 1.79 bits per heavy atom. The molecule has 8 nitrogen and oxygen atoms in total. The minimum Gasteiger partial charge on any atom is -0.508 e. The zero-order valence-electron chi connectivity index (χ0n) is 24.5. The Kier molecular flexibility index (Phi) is 14.6. The van der Waals surface area contributed by atoms with Crippen molar-refractivity contribution >= 4 is 29.7 Å². The number of carbonyl (C=O) groups is 3. The van der Waals surface area contributed by atoms with Gasteiger partial charge in [-0.25, -0.2) is 4.79 Å². The van der Waals surface area contributed by atoms with Crippen molar-refractivity contribution in [3.63, 3.8) is 0 Å². The van der Waals surface area contributed by atoms with Crippen LogP contribution in [0.2, 0.25) is 0 Å². The van der Waals surface area contributed by atoms with Crippen molar-refractivity contribution in [2.75, 3.05) is 18.6 Å². The molecular formula is C29H49N3O5S. The fraction of sp³-hybridized carbons (Fsp3) is 0.690. The predicted molar refractivity (Wildman–Crippen MR) is 155 cm³/mol. The van der Waals surface area contributed by atoms with Gasteiger partial charge < -0.3 is 25.4 Å². The Hall–Kier alpha value is -2.42. The minimum atomic E-state index is -0.967. The maximum atomic E-state index is 14.3. The number of amides is 3. The molecule has 3 amide bonds. The molecule has 0 aliphatic rings. The Morgan fingerprint density at radius 1 is 1.11 bits per heavy atom. The number of phenolic OH excluding ortho intramolecular Hbond substituents is 1. The topological polar surface area (TPSA) is 108 Å². The first-order valence-corrected chi connectivity index (χ1v) is 15.1. The van der Waals surface area contributed by atoms with E-state index in [4.69, 9.17) is 4.74 Å². The molecule has 0 aliphatic carbocycles. The van der Waals surface area contributed by atoms with E-state index in [9.17, 15) is 19.5 Å². The number of thioether (sulfide) groups is 1. The first-order chi connectivity index (χ1) is 17.8. The SMILES string of the molecule is CCCCNC(=O)C(c1cccc(O)c1)N(C(=O)C(CCSC)NC(=O)OC(C)(C)C)C(C)CCC(C)C. The van der Waals surface area contributed by atoms with Gasteiger partial charge in [0.15, 0.2) is 0 Å². The van der Waals surface area contributed by atoms with E-state index in [0.717, 1.165) is 19.3 Å². The summed E-state index contributed by atoms with van der Waals surface area (Å²) >= 11 is 1.57. The van der Waals surface area contributed by atoms with Gasteiger partial charge in [0.2, 0.25) is 11.8 Å². The number of nitrogens with zero attached hydrogens (tertiary/aromatic N) is 1. The first-order valence-electron chi connectivity index (χ1n) is 13.7. The summed E-state index contributed by atoms with van der Waals surface area (Å²) in [7, 11) is 0. The number of ether oxygens (including phenoxy) is 1. The average Bonchev–Trinajstić information content (AvgIpc) is 2.82. The zero-order chi connectivity index (χ0) is 28.9. The molecule has 0 spiro atoms. The second-order valence-corrected chi connectivity index (χ2v) is 12.2. The van der Waals surface area contributed by atoms with Crippen molar-refractivity contribution in [2.24, 2.45) is 5.92 Å². The number of nitrogens with one attached hydrogen (secondary N) is 2. The number of unbranched alkanes of at least 4 members (excludes halogenated alkanes) is 1. The van der Waals surface area contributed by atoms with Crippen LogP contribution >= 0.6 is 11.8 Å². The third-order valence-corrected chi connectivity index (χ3v) is 6.68. The van der Waals surface area contributed by atoms with Crippen LogP contribution in [-0.4, -0.2) is 64.2 Å². The second kappa shape index (κ2) is 16.5. The number of rotatable bonds is 15. The lowest BCUT2D eigenvalue weighted by atomic mass is 9.96. The van der Waals surface area contributed by atoms with E-state index in [1.807, 2.05) is 20.1 Å². The molecule has 3 atom stereocenters.